The maximum absolute atomic E-state index is 5.46. The molecule has 0 heterocycles. The van der Waals surface area contributed by atoms with Gasteiger partial charge in [-0.05, 0) is 37.5 Å². The average Bonchev–Trinajstić information content (AvgIpc) is 2.12. The van der Waals surface area contributed by atoms with Gasteiger partial charge in [-0.1, -0.05) is 18.1 Å². The van der Waals surface area contributed by atoms with Gasteiger partial charge >= 0.3 is 0 Å². The van der Waals surface area contributed by atoms with Gasteiger partial charge in [0.2, 0.25) is 0 Å². The van der Waals surface area contributed by atoms with Crippen LogP contribution in [0.3, 0.4) is 0 Å². The number of terminal acetylenes is 1. The van der Waals surface area contributed by atoms with Crippen molar-refractivity contribution in [1.29, 1.82) is 0 Å². The molecule has 1 aromatic rings. The van der Waals surface area contributed by atoms with Crippen LogP contribution in [0.15, 0.2) is 12.1 Å². The predicted molar refractivity (Wildman–Crippen MR) is 55.0 cm³/mol. The molecule has 0 aliphatic rings. The van der Waals surface area contributed by atoms with Crippen LogP contribution in [0.4, 0.5) is 0 Å². The summed E-state index contributed by atoms with van der Waals surface area (Å²) in [5.74, 6) is 3.40. The fourth-order valence-corrected chi connectivity index (χ4v) is 1.26. The number of ether oxygens (including phenoxy) is 1. The zero-order chi connectivity index (χ0) is 9.84. The van der Waals surface area contributed by atoms with Gasteiger partial charge in [-0.25, -0.2) is 0 Å². The molecule has 68 valence electrons. The van der Waals surface area contributed by atoms with Crippen molar-refractivity contribution in [1.82, 2.24) is 0 Å². The van der Waals surface area contributed by atoms with Gasteiger partial charge in [-0.3, -0.25) is 0 Å². The second-order valence-electron chi connectivity index (χ2n) is 3.15. The molecule has 0 bridgehead atoms. The zero-order valence-corrected chi connectivity index (χ0v) is 8.35. The largest absolute Gasteiger partial charge is 0.480 e. The minimum absolute atomic E-state index is 0.338. The zero-order valence-electron chi connectivity index (χ0n) is 8.35. The molecule has 0 amide bonds. The van der Waals surface area contributed by atoms with Crippen LogP contribution in [0.5, 0.6) is 5.75 Å². The molecule has 0 fully saturated rings. The Morgan fingerprint density at radius 2 is 1.85 bits per heavy atom. The number of hydrogen-bond acceptors (Lipinski definition) is 1. The minimum atomic E-state index is 0.338. The molecule has 1 aromatic carbocycles. The van der Waals surface area contributed by atoms with Crippen molar-refractivity contribution >= 4 is 0 Å². The summed E-state index contributed by atoms with van der Waals surface area (Å²) in [6.45, 7) is 6.48. The summed E-state index contributed by atoms with van der Waals surface area (Å²) < 4.78 is 5.46. The van der Waals surface area contributed by atoms with E-state index in [0.29, 0.717) is 6.61 Å². The first-order chi connectivity index (χ1) is 6.16. The summed E-state index contributed by atoms with van der Waals surface area (Å²) in [6, 6.07) is 4.14. The monoisotopic (exact) mass is 174 g/mol. The Bertz CT molecular complexity index is 345. The van der Waals surface area contributed by atoms with Crippen molar-refractivity contribution in [3.05, 3.63) is 28.8 Å². The Morgan fingerprint density at radius 1 is 1.23 bits per heavy atom. The maximum Gasteiger partial charge on any atom is 0.148 e. The van der Waals surface area contributed by atoms with E-state index in [9.17, 15) is 0 Å². The van der Waals surface area contributed by atoms with Gasteiger partial charge in [0.1, 0.15) is 12.4 Å². The summed E-state index contributed by atoms with van der Waals surface area (Å²) in [6.07, 6.45) is 5.14. The molecule has 0 saturated heterocycles. The Hall–Kier alpha value is -1.42. The summed E-state index contributed by atoms with van der Waals surface area (Å²) >= 11 is 0. The standard InChI is InChI=1S/C12H14O/c1-5-8-13-12-10(3)7-6-9(2)11(12)4/h1,6-7H,8H2,2-4H3. The van der Waals surface area contributed by atoms with Gasteiger partial charge in [0.25, 0.3) is 0 Å². The Kier molecular flexibility index (Phi) is 2.97. The molecule has 0 atom stereocenters. The number of benzene rings is 1. The molecular weight excluding hydrogens is 160 g/mol. The molecule has 0 unspecified atom stereocenters. The van der Waals surface area contributed by atoms with E-state index < -0.39 is 0 Å². The average molecular weight is 174 g/mol. The van der Waals surface area contributed by atoms with Crippen molar-refractivity contribution in [2.24, 2.45) is 0 Å². The first-order valence-corrected chi connectivity index (χ1v) is 4.30. The lowest BCUT2D eigenvalue weighted by molar-refractivity contribution is 0.365. The molecular formula is C12H14O. The van der Waals surface area contributed by atoms with E-state index in [0.717, 1.165) is 11.3 Å². The molecule has 0 radical (unpaired) electrons. The van der Waals surface area contributed by atoms with Gasteiger partial charge in [-0.2, -0.15) is 0 Å². The molecule has 0 spiro atoms. The third-order valence-electron chi connectivity index (χ3n) is 2.17. The van der Waals surface area contributed by atoms with Crippen LogP contribution in [0.25, 0.3) is 0 Å². The third kappa shape index (κ3) is 2.03. The summed E-state index contributed by atoms with van der Waals surface area (Å²) in [5, 5.41) is 0. The van der Waals surface area contributed by atoms with Crippen LogP contribution in [-0.2, 0) is 0 Å². The molecule has 1 nitrogen and oxygen atoms in total. The van der Waals surface area contributed by atoms with Crippen molar-refractivity contribution in [3.63, 3.8) is 0 Å². The van der Waals surface area contributed by atoms with E-state index in [1.807, 2.05) is 19.9 Å². The van der Waals surface area contributed by atoms with Crippen LogP contribution in [0, 0.1) is 33.1 Å². The van der Waals surface area contributed by atoms with Crippen molar-refractivity contribution < 1.29 is 4.74 Å². The normalized spacial score (nSPS) is 9.38. The van der Waals surface area contributed by atoms with Gasteiger partial charge in [0.15, 0.2) is 0 Å². The van der Waals surface area contributed by atoms with Crippen molar-refractivity contribution in [2.75, 3.05) is 6.61 Å². The maximum atomic E-state index is 5.46. The van der Waals surface area contributed by atoms with Crippen LogP contribution in [0.2, 0.25) is 0 Å². The molecule has 0 aliphatic carbocycles. The lowest BCUT2D eigenvalue weighted by Crippen LogP contribution is -1.99. The first-order valence-electron chi connectivity index (χ1n) is 4.30. The highest BCUT2D eigenvalue weighted by Gasteiger charge is 2.04. The molecule has 0 aromatic heterocycles. The third-order valence-corrected chi connectivity index (χ3v) is 2.17. The predicted octanol–water partition coefficient (Wildman–Crippen LogP) is 2.62. The highest BCUT2D eigenvalue weighted by atomic mass is 16.5. The van der Waals surface area contributed by atoms with E-state index in [-0.39, 0.29) is 0 Å². The SMILES string of the molecule is C#CCOc1c(C)ccc(C)c1C. The number of aryl methyl sites for hydroxylation is 2. The molecule has 1 rings (SSSR count). The lowest BCUT2D eigenvalue weighted by atomic mass is 10.1. The smallest absolute Gasteiger partial charge is 0.148 e. The first kappa shape index (κ1) is 9.67. The number of hydrogen-bond donors (Lipinski definition) is 0. The van der Waals surface area contributed by atoms with Crippen LogP contribution in [-0.4, -0.2) is 6.61 Å². The van der Waals surface area contributed by atoms with E-state index in [4.69, 9.17) is 11.2 Å². The second-order valence-corrected chi connectivity index (χ2v) is 3.15. The topological polar surface area (TPSA) is 9.23 Å². The fraction of sp³-hybridized carbons (Fsp3) is 0.333. The summed E-state index contributed by atoms with van der Waals surface area (Å²) in [4.78, 5) is 0. The Labute approximate surface area is 79.7 Å². The van der Waals surface area contributed by atoms with Crippen molar-refractivity contribution in [2.45, 2.75) is 20.8 Å². The van der Waals surface area contributed by atoms with Gasteiger partial charge in [0.05, 0.1) is 0 Å². The molecule has 1 heteroatoms. The quantitative estimate of drug-likeness (QED) is 0.626. The van der Waals surface area contributed by atoms with Gasteiger partial charge in [0, 0.05) is 0 Å². The van der Waals surface area contributed by atoms with E-state index in [1.165, 1.54) is 11.1 Å². The highest BCUT2D eigenvalue weighted by molar-refractivity contribution is 5.44. The fourth-order valence-electron chi connectivity index (χ4n) is 1.26. The van der Waals surface area contributed by atoms with Crippen molar-refractivity contribution in [3.8, 4) is 18.1 Å². The molecule has 13 heavy (non-hydrogen) atoms. The van der Waals surface area contributed by atoms with Crippen LogP contribution in [0.1, 0.15) is 16.7 Å². The summed E-state index contributed by atoms with van der Waals surface area (Å²) in [7, 11) is 0. The van der Waals surface area contributed by atoms with Crippen LogP contribution >= 0.6 is 0 Å². The Balaban J connectivity index is 3.04. The van der Waals surface area contributed by atoms with Gasteiger partial charge in [-0.15, -0.1) is 6.42 Å². The summed E-state index contributed by atoms with van der Waals surface area (Å²) in [5.41, 5.74) is 3.55. The molecule has 0 N–H and O–H groups in total. The second kappa shape index (κ2) is 4.00. The van der Waals surface area contributed by atoms with E-state index in [1.54, 1.807) is 0 Å². The van der Waals surface area contributed by atoms with Crippen LogP contribution < -0.4 is 4.74 Å². The lowest BCUT2D eigenvalue weighted by Gasteiger charge is -2.11. The minimum Gasteiger partial charge on any atom is -0.480 e. The van der Waals surface area contributed by atoms with E-state index in [2.05, 4.69) is 18.9 Å². The molecule has 0 aliphatic heterocycles. The van der Waals surface area contributed by atoms with E-state index >= 15 is 0 Å². The molecule has 0 saturated carbocycles. The Morgan fingerprint density at radius 3 is 2.46 bits per heavy atom. The highest BCUT2D eigenvalue weighted by Crippen LogP contribution is 2.25. The van der Waals surface area contributed by atoms with Gasteiger partial charge < -0.3 is 4.74 Å². The number of rotatable bonds is 2.